The Kier molecular flexibility index (Phi) is 4.83. The summed E-state index contributed by atoms with van der Waals surface area (Å²) in [4.78, 5) is 39.8. The van der Waals surface area contributed by atoms with Crippen LogP contribution in [-0.4, -0.2) is 48.9 Å². The molecule has 2 heterocycles. The molecular formula is C18H22N2O4. The first-order valence-electron chi connectivity index (χ1n) is 8.41. The van der Waals surface area contributed by atoms with Crippen molar-refractivity contribution in [3.8, 4) is 0 Å². The molecule has 2 amide bonds. The highest BCUT2D eigenvalue weighted by Gasteiger charge is 2.33. The molecule has 1 atom stereocenters. The number of methoxy groups -OCH3 is 1. The maximum atomic E-state index is 12.8. The Balaban J connectivity index is 1.76. The normalized spacial score (nSPS) is 21.0. The molecule has 2 aliphatic rings. The van der Waals surface area contributed by atoms with Gasteiger partial charge in [-0.25, -0.2) is 4.79 Å². The van der Waals surface area contributed by atoms with E-state index < -0.39 is 6.04 Å². The van der Waals surface area contributed by atoms with E-state index in [-0.39, 0.29) is 17.8 Å². The summed E-state index contributed by atoms with van der Waals surface area (Å²) in [5.41, 5.74) is 1.35. The molecule has 0 aromatic heterocycles. The Bertz CT molecular complexity index is 641. The number of carbonyl (C=O) groups is 3. The quantitative estimate of drug-likeness (QED) is 0.795. The van der Waals surface area contributed by atoms with Crippen LogP contribution in [0.4, 0.5) is 5.69 Å². The van der Waals surface area contributed by atoms with Gasteiger partial charge in [0, 0.05) is 30.8 Å². The minimum Gasteiger partial charge on any atom is -0.467 e. The number of esters is 1. The number of rotatable bonds is 3. The van der Waals surface area contributed by atoms with Crippen LogP contribution in [0.2, 0.25) is 0 Å². The lowest BCUT2D eigenvalue weighted by Crippen LogP contribution is -2.48. The zero-order chi connectivity index (χ0) is 17.1. The SMILES string of the molecule is COC(=O)C1CCCCN1C(=O)c1ccc(N2CCCC2=O)cc1. The van der Waals surface area contributed by atoms with Crippen LogP contribution < -0.4 is 4.90 Å². The molecule has 2 saturated heterocycles. The van der Waals surface area contributed by atoms with Crippen molar-refractivity contribution in [3.05, 3.63) is 29.8 Å². The zero-order valence-electron chi connectivity index (χ0n) is 13.9. The van der Waals surface area contributed by atoms with E-state index in [1.807, 2.05) is 0 Å². The Morgan fingerprint density at radius 1 is 1.08 bits per heavy atom. The van der Waals surface area contributed by atoms with Crippen molar-refractivity contribution in [3.63, 3.8) is 0 Å². The smallest absolute Gasteiger partial charge is 0.328 e. The first-order chi connectivity index (χ1) is 11.6. The van der Waals surface area contributed by atoms with Gasteiger partial charge in [0.2, 0.25) is 5.91 Å². The number of anilines is 1. The summed E-state index contributed by atoms with van der Waals surface area (Å²) in [7, 11) is 1.35. The van der Waals surface area contributed by atoms with Crippen molar-refractivity contribution >= 4 is 23.5 Å². The van der Waals surface area contributed by atoms with Crippen LogP contribution in [0.15, 0.2) is 24.3 Å². The number of piperidine rings is 1. The van der Waals surface area contributed by atoms with Crippen molar-refractivity contribution < 1.29 is 19.1 Å². The van der Waals surface area contributed by atoms with E-state index in [1.165, 1.54) is 7.11 Å². The van der Waals surface area contributed by atoms with Gasteiger partial charge >= 0.3 is 5.97 Å². The summed E-state index contributed by atoms with van der Waals surface area (Å²) in [6.45, 7) is 1.29. The van der Waals surface area contributed by atoms with Crippen molar-refractivity contribution in [2.75, 3.05) is 25.1 Å². The minimum absolute atomic E-state index is 0.121. The van der Waals surface area contributed by atoms with Gasteiger partial charge in [0.05, 0.1) is 7.11 Å². The standard InChI is InChI=1S/C18H22N2O4/c1-24-18(23)15-5-2-3-11-20(15)17(22)13-7-9-14(10-8-13)19-12-4-6-16(19)21/h7-10,15H,2-6,11-12H2,1H3. The van der Waals surface area contributed by atoms with E-state index >= 15 is 0 Å². The molecule has 0 spiro atoms. The fourth-order valence-corrected chi connectivity index (χ4v) is 3.43. The number of nitrogens with zero attached hydrogens (tertiary/aromatic N) is 2. The fraction of sp³-hybridized carbons (Fsp3) is 0.500. The van der Waals surface area contributed by atoms with Gasteiger partial charge in [0.25, 0.3) is 5.91 Å². The van der Waals surface area contributed by atoms with E-state index in [1.54, 1.807) is 34.1 Å². The van der Waals surface area contributed by atoms with E-state index in [0.717, 1.165) is 31.5 Å². The highest BCUT2D eigenvalue weighted by molar-refractivity contribution is 5.99. The summed E-state index contributed by atoms with van der Waals surface area (Å²) in [6, 6.07) is 6.55. The van der Waals surface area contributed by atoms with Gasteiger partial charge in [0.15, 0.2) is 0 Å². The second-order valence-electron chi connectivity index (χ2n) is 6.23. The molecule has 0 bridgehead atoms. The van der Waals surface area contributed by atoms with Crippen LogP contribution in [0.25, 0.3) is 0 Å². The summed E-state index contributed by atoms with van der Waals surface area (Å²) in [6.07, 6.45) is 3.89. The highest BCUT2D eigenvalue weighted by atomic mass is 16.5. The maximum Gasteiger partial charge on any atom is 0.328 e. The fourth-order valence-electron chi connectivity index (χ4n) is 3.43. The summed E-state index contributed by atoms with van der Waals surface area (Å²) < 4.78 is 4.83. The van der Waals surface area contributed by atoms with E-state index in [2.05, 4.69) is 0 Å². The van der Waals surface area contributed by atoms with Gasteiger partial charge in [-0.2, -0.15) is 0 Å². The van der Waals surface area contributed by atoms with E-state index in [9.17, 15) is 14.4 Å². The summed E-state index contributed by atoms with van der Waals surface area (Å²) in [5, 5.41) is 0. The third-order valence-electron chi connectivity index (χ3n) is 4.74. The van der Waals surface area contributed by atoms with Crippen molar-refractivity contribution in [2.45, 2.75) is 38.1 Å². The van der Waals surface area contributed by atoms with Crippen molar-refractivity contribution in [2.24, 2.45) is 0 Å². The average Bonchev–Trinajstić information content (AvgIpc) is 3.06. The second kappa shape index (κ2) is 7.03. The first kappa shape index (κ1) is 16.5. The molecule has 0 N–H and O–H groups in total. The molecule has 6 nitrogen and oxygen atoms in total. The lowest BCUT2D eigenvalue weighted by atomic mass is 10.0. The highest BCUT2D eigenvalue weighted by Crippen LogP contribution is 2.24. The molecule has 0 saturated carbocycles. The van der Waals surface area contributed by atoms with Crippen molar-refractivity contribution in [1.82, 2.24) is 4.90 Å². The van der Waals surface area contributed by atoms with Crippen molar-refractivity contribution in [1.29, 1.82) is 0 Å². The number of likely N-dealkylation sites (tertiary alicyclic amines) is 1. The lowest BCUT2D eigenvalue weighted by Gasteiger charge is -2.33. The van der Waals surface area contributed by atoms with Crippen LogP contribution >= 0.6 is 0 Å². The molecule has 0 aliphatic carbocycles. The molecule has 1 aromatic rings. The summed E-state index contributed by atoms with van der Waals surface area (Å²) >= 11 is 0. The molecular weight excluding hydrogens is 308 g/mol. The van der Waals surface area contributed by atoms with Gasteiger partial charge < -0.3 is 14.5 Å². The molecule has 2 fully saturated rings. The first-order valence-corrected chi connectivity index (χ1v) is 8.41. The number of ether oxygens (including phenoxy) is 1. The van der Waals surface area contributed by atoms with Crippen LogP contribution in [0.3, 0.4) is 0 Å². The van der Waals surface area contributed by atoms with E-state index in [4.69, 9.17) is 4.74 Å². The lowest BCUT2D eigenvalue weighted by molar-refractivity contribution is -0.147. The molecule has 2 aliphatic heterocycles. The van der Waals surface area contributed by atoms with Gasteiger partial charge in [-0.3, -0.25) is 9.59 Å². The van der Waals surface area contributed by atoms with E-state index in [0.29, 0.717) is 24.9 Å². The topological polar surface area (TPSA) is 66.9 Å². The Labute approximate surface area is 141 Å². The monoisotopic (exact) mass is 330 g/mol. The second-order valence-corrected chi connectivity index (χ2v) is 6.23. The minimum atomic E-state index is -0.504. The number of hydrogen-bond donors (Lipinski definition) is 0. The van der Waals surface area contributed by atoms with Gasteiger partial charge in [-0.05, 0) is 49.9 Å². The molecule has 6 heteroatoms. The molecule has 128 valence electrons. The van der Waals surface area contributed by atoms with Crippen LogP contribution in [0.5, 0.6) is 0 Å². The Morgan fingerprint density at radius 2 is 1.83 bits per heavy atom. The maximum absolute atomic E-state index is 12.8. The largest absolute Gasteiger partial charge is 0.467 e. The molecule has 3 rings (SSSR count). The van der Waals surface area contributed by atoms with Crippen LogP contribution in [0.1, 0.15) is 42.5 Å². The molecule has 24 heavy (non-hydrogen) atoms. The number of carbonyl (C=O) groups excluding carboxylic acids is 3. The molecule has 0 radical (unpaired) electrons. The van der Waals surface area contributed by atoms with Crippen LogP contribution in [-0.2, 0) is 14.3 Å². The predicted octanol–water partition coefficient (Wildman–Crippen LogP) is 1.98. The zero-order valence-corrected chi connectivity index (χ0v) is 13.9. The Morgan fingerprint density at radius 3 is 2.46 bits per heavy atom. The molecule has 1 aromatic carbocycles. The number of hydrogen-bond acceptors (Lipinski definition) is 4. The van der Waals surface area contributed by atoms with Crippen LogP contribution in [0, 0.1) is 0 Å². The third kappa shape index (κ3) is 3.13. The predicted molar refractivity (Wildman–Crippen MR) is 88.7 cm³/mol. The van der Waals surface area contributed by atoms with Gasteiger partial charge in [-0.15, -0.1) is 0 Å². The van der Waals surface area contributed by atoms with Gasteiger partial charge in [0.1, 0.15) is 6.04 Å². The summed E-state index contributed by atoms with van der Waals surface area (Å²) in [5.74, 6) is -0.400. The Hall–Kier alpha value is -2.37. The number of amides is 2. The third-order valence-corrected chi connectivity index (χ3v) is 4.74. The van der Waals surface area contributed by atoms with Gasteiger partial charge in [-0.1, -0.05) is 0 Å². The molecule has 1 unspecified atom stereocenters. The average molecular weight is 330 g/mol. The number of benzene rings is 1.